The normalized spacial score (nSPS) is 18.3. The fraction of sp³-hybridized carbons (Fsp3) is 0.389. The first-order valence-electron chi connectivity index (χ1n) is 7.44. The summed E-state index contributed by atoms with van der Waals surface area (Å²) in [7, 11) is 2.03. The van der Waals surface area contributed by atoms with Crippen LogP contribution in [0.4, 0.5) is 0 Å². The highest BCUT2D eigenvalue weighted by Crippen LogP contribution is 2.31. The number of carboxylic acids is 1. The van der Waals surface area contributed by atoms with E-state index < -0.39 is 5.97 Å². The summed E-state index contributed by atoms with van der Waals surface area (Å²) >= 11 is 0. The summed E-state index contributed by atoms with van der Waals surface area (Å²) in [6.07, 6.45) is 11.1. The van der Waals surface area contributed by atoms with Crippen molar-refractivity contribution in [1.82, 2.24) is 5.32 Å². The zero-order valence-corrected chi connectivity index (χ0v) is 12.7. The number of carbonyl (C=O) groups is 1. The second-order valence-electron chi connectivity index (χ2n) is 5.75. The number of nitrogens with one attached hydrogen (secondary N) is 1. The van der Waals surface area contributed by atoms with Crippen LogP contribution in [0.3, 0.4) is 0 Å². The molecule has 21 heavy (non-hydrogen) atoms. The van der Waals surface area contributed by atoms with E-state index in [0.717, 1.165) is 11.1 Å². The lowest BCUT2D eigenvalue weighted by Gasteiger charge is -2.24. The smallest absolute Gasteiger partial charge is 0.331 e. The summed E-state index contributed by atoms with van der Waals surface area (Å²) in [6, 6.07) is 7.95. The summed E-state index contributed by atoms with van der Waals surface area (Å²) in [6.45, 7) is 1.60. The molecule has 0 atom stereocenters. The predicted molar refractivity (Wildman–Crippen MR) is 87.0 cm³/mol. The molecule has 1 fully saturated rings. The first-order valence-corrected chi connectivity index (χ1v) is 7.44. The molecule has 0 spiro atoms. The molecule has 1 aromatic rings. The standard InChI is InChI=1S/C18H23NO2/c1-14(17(20)21)13-16-7-5-15(6-8-16)9-12-18(19-2)10-3-4-11-18/h5-9,12-13,19H,3-4,10-11H2,1-2H3,(H,20,21)/b12-9+,14-13+. The van der Waals surface area contributed by atoms with Crippen LogP contribution in [-0.4, -0.2) is 23.7 Å². The Morgan fingerprint density at radius 3 is 2.29 bits per heavy atom. The van der Waals surface area contributed by atoms with Gasteiger partial charge < -0.3 is 10.4 Å². The zero-order valence-electron chi connectivity index (χ0n) is 12.7. The van der Waals surface area contributed by atoms with Gasteiger partial charge in [0.1, 0.15) is 0 Å². The molecule has 0 saturated heterocycles. The summed E-state index contributed by atoms with van der Waals surface area (Å²) in [4.78, 5) is 10.8. The van der Waals surface area contributed by atoms with E-state index in [4.69, 9.17) is 5.11 Å². The SMILES string of the molecule is CNC1(/C=C/c2ccc(/C=C(\C)C(=O)O)cc2)CCCC1. The van der Waals surface area contributed by atoms with E-state index in [2.05, 4.69) is 17.5 Å². The Kier molecular flexibility index (Phi) is 4.97. The Labute approximate surface area is 126 Å². The number of aliphatic carboxylic acids is 1. The Hall–Kier alpha value is -1.87. The number of hydrogen-bond acceptors (Lipinski definition) is 2. The van der Waals surface area contributed by atoms with E-state index in [1.54, 1.807) is 13.0 Å². The first kappa shape index (κ1) is 15.5. The van der Waals surface area contributed by atoms with Crippen LogP contribution >= 0.6 is 0 Å². The maximum absolute atomic E-state index is 10.8. The van der Waals surface area contributed by atoms with Gasteiger partial charge in [0.2, 0.25) is 0 Å². The van der Waals surface area contributed by atoms with Crippen molar-refractivity contribution in [2.45, 2.75) is 38.1 Å². The van der Waals surface area contributed by atoms with Crippen LogP contribution in [0.1, 0.15) is 43.7 Å². The first-order chi connectivity index (χ1) is 10.0. The van der Waals surface area contributed by atoms with Crippen LogP contribution in [0.2, 0.25) is 0 Å². The van der Waals surface area contributed by atoms with E-state index in [9.17, 15) is 4.79 Å². The summed E-state index contributed by atoms with van der Waals surface area (Å²) in [5, 5.41) is 12.3. The van der Waals surface area contributed by atoms with Gasteiger partial charge in [0, 0.05) is 11.1 Å². The number of likely N-dealkylation sites (N-methyl/N-ethyl adjacent to an activating group) is 1. The molecule has 112 valence electrons. The molecule has 2 rings (SSSR count). The third kappa shape index (κ3) is 4.05. The molecule has 0 radical (unpaired) electrons. The van der Waals surface area contributed by atoms with Crippen LogP contribution in [-0.2, 0) is 4.79 Å². The molecule has 3 heteroatoms. The average molecular weight is 285 g/mol. The van der Waals surface area contributed by atoms with Crippen molar-refractivity contribution in [2.75, 3.05) is 7.05 Å². The lowest BCUT2D eigenvalue weighted by molar-refractivity contribution is -0.132. The fourth-order valence-electron chi connectivity index (χ4n) is 2.78. The third-order valence-corrected chi connectivity index (χ3v) is 4.25. The Morgan fingerprint density at radius 1 is 1.19 bits per heavy atom. The van der Waals surface area contributed by atoms with Gasteiger partial charge >= 0.3 is 5.97 Å². The average Bonchev–Trinajstić information content (AvgIpc) is 2.96. The molecule has 0 bridgehead atoms. The van der Waals surface area contributed by atoms with Crippen LogP contribution in [0, 0.1) is 0 Å². The molecular formula is C18H23NO2. The van der Waals surface area contributed by atoms with Gasteiger partial charge in [-0.1, -0.05) is 49.3 Å². The summed E-state index contributed by atoms with van der Waals surface area (Å²) in [5.41, 5.74) is 2.55. The second-order valence-corrected chi connectivity index (χ2v) is 5.75. The van der Waals surface area contributed by atoms with Crippen molar-refractivity contribution < 1.29 is 9.90 Å². The number of carboxylic acid groups (broad SMARTS) is 1. The summed E-state index contributed by atoms with van der Waals surface area (Å²) < 4.78 is 0. The zero-order chi connectivity index (χ0) is 15.3. The Bertz CT molecular complexity index is 549. The topological polar surface area (TPSA) is 49.3 Å². The molecular weight excluding hydrogens is 262 g/mol. The number of hydrogen-bond donors (Lipinski definition) is 2. The third-order valence-electron chi connectivity index (χ3n) is 4.25. The van der Waals surface area contributed by atoms with Gasteiger partial charge in [0.15, 0.2) is 0 Å². The highest BCUT2D eigenvalue weighted by atomic mass is 16.4. The molecule has 1 saturated carbocycles. The molecule has 0 heterocycles. The van der Waals surface area contributed by atoms with Gasteiger partial charge in [0.25, 0.3) is 0 Å². The lowest BCUT2D eigenvalue weighted by atomic mass is 9.96. The van der Waals surface area contributed by atoms with E-state index in [1.807, 2.05) is 31.3 Å². The van der Waals surface area contributed by atoms with E-state index >= 15 is 0 Å². The van der Waals surface area contributed by atoms with Gasteiger partial charge in [0.05, 0.1) is 0 Å². The quantitative estimate of drug-likeness (QED) is 0.811. The van der Waals surface area contributed by atoms with Crippen molar-refractivity contribution in [3.63, 3.8) is 0 Å². The fourth-order valence-corrected chi connectivity index (χ4v) is 2.78. The molecule has 0 unspecified atom stereocenters. The molecule has 2 N–H and O–H groups in total. The molecule has 1 aliphatic rings. The maximum Gasteiger partial charge on any atom is 0.331 e. The van der Waals surface area contributed by atoms with Gasteiger partial charge in [-0.2, -0.15) is 0 Å². The van der Waals surface area contributed by atoms with E-state index in [0.29, 0.717) is 5.57 Å². The van der Waals surface area contributed by atoms with Gasteiger partial charge in [-0.05, 0) is 44.0 Å². The van der Waals surface area contributed by atoms with Gasteiger partial charge in [-0.25, -0.2) is 4.79 Å². The molecule has 1 aromatic carbocycles. The minimum atomic E-state index is -0.879. The van der Waals surface area contributed by atoms with Crippen LogP contribution in [0.15, 0.2) is 35.9 Å². The Morgan fingerprint density at radius 2 is 1.76 bits per heavy atom. The van der Waals surface area contributed by atoms with E-state index in [-0.39, 0.29) is 5.54 Å². The number of rotatable bonds is 5. The summed E-state index contributed by atoms with van der Waals surface area (Å²) in [5.74, 6) is -0.879. The molecule has 0 aliphatic heterocycles. The largest absolute Gasteiger partial charge is 0.478 e. The lowest BCUT2D eigenvalue weighted by Crippen LogP contribution is -2.37. The minimum Gasteiger partial charge on any atom is -0.478 e. The van der Waals surface area contributed by atoms with Crippen LogP contribution in [0.5, 0.6) is 0 Å². The van der Waals surface area contributed by atoms with Crippen molar-refractivity contribution >= 4 is 18.1 Å². The van der Waals surface area contributed by atoms with Crippen LogP contribution in [0.25, 0.3) is 12.2 Å². The molecule has 1 aliphatic carbocycles. The Balaban J connectivity index is 2.09. The molecule has 0 aromatic heterocycles. The van der Waals surface area contributed by atoms with Crippen LogP contribution < -0.4 is 5.32 Å². The minimum absolute atomic E-state index is 0.151. The van der Waals surface area contributed by atoms with Gasteiger partial charge in [-0.3, -0.25) is 0 Å². The highest BCUT2D eigenvalue weighted by Gasteiger charge is 2.28. The van der Waals surface area contributed by atoms with E-state index in [1.165, 1.54) is 25.7 Å². The van der Waals surface area contributed by atoms with Crippen molar-refractivity contribution in [2.24, 2.45) is 0 Å². The van der Waals surface area contributed by atoms with Crippen molar-refractivity contribution in [3.05, 3.63) is 47.0 Å². The van der Waals surface area contributed by atoms with Gasteiger partial charge in [-0.15, -0.1) is 0 Å². The highest BCUT2D eigenvalue weighted by molar-refractivity contribution is 5.91. The second kappa shape index (κ2) is 6.72. The number of benzene rings is 1. The monoisotopic (exact) mass is 285 g/mol. The van der Waals surface area contributed by atoms with Crippen molar-refractivity contribution in [1.29, 1.82) is 0 Å². The van der Waals surface area contributed by atoms with Crippen molar-refractivity contribution in [3.8, 4) is 0 Å². The maximum atomic E-state index is 10.8. The predicted octanol–water partition coefficient (Wildman–Crippen LogP) is 3.72. The molecule has 0 amide bonds. The molecule has 3 nitrogen and oxygen atoms in total.